The molecule has 0 atom stereocenters. The van der Waals surface area contributed by atoms with E-state index in [1.165, 1.54) is 33.0 Å². The molecule has 1 aliphatic rings. The van der Waals surface area contributed by atoms with Crippen LogP contribution in [0.15, 0.2) is 186 Å². The Hall–Kier alpha value is -7.63. The molecule has 0 spiro atoms. The minimum absolute atomic E-state index is 0.154. The Kier molecular flexibility index (Phi) is 7.20. The third-order valence-electron chi connectivity index (χ3n) is 12.2. The van der Waals surface area contributed by atoms with E-state index in [2.05, 4.69) is 152 Å². The molecule has 0 aliphatic heterocycles. The van der Waals surface area contributed by atoms with E-state index >= 15 is 0 Å². The number of nitrogens with zero attached hydrogens (tertiary/aromatic N) is 4. The van der Waals surface area contributed by atoms with Gasteiger partial charge in [0.05, 0.1) is 11.0 Å². The monoisotopic (exact) mass is 756 g/mol. The van der Waals surface area contributed by atoms with Crippen molar-refractivity contribution in [2.24, 2.45) is 0 Å². The average Bonchev–Trinajstić information content (AvgIpc) is 3.91. The summed E-state index contributed by atoms with van der Waals surface area (Å²) in [5, 5.41) is 4.59. The van der Waals surface area contributed by atoms with Crippen LogP contribution < -0.4 is 0 Å². The minimum Gasteiger partial charge on any atom is -0.456 e. The SMILES string of the molecule is CC1(C)c2ccccc2-c2cc3c4ccccc4n(-c4cc(-c5nc(-c6ccccc6)nc(-c6ccccc6)n5)cc(-c5cccc6oc7ccccc7c56)c4)c3cc21. The highest BCUT2D eigenvalue weighted by Crippen LogP contribution is 2.51. The fraction of sp³-hybridized carbons (Fsp3) is 0.0556. The van der Waals surface area contributed by atoms with Gasteiger partial charge in [-0.05, 0) is 81.9 Å². The van der Waals surface area contributed by atoms with Crippen molar-refractivity contribution >= 4 is 43.7 Å². The van der Waals surface area contributed by atoms with Gasteiger partial charge < -0.3 is 8.98 Å². The molecule has 1 aliphatic carbocycles. The van der Waals surface area contributed by atoms with Gasteiger partial charge in [0.15, 0.2) is 17.5 Å². The molecule has 3 aromatic heterocycles. The van der Waals surface area contributed by atoms with E-state index in [1.54, 1.807) is 0 Å². The van der Waals surface area contributed by atoms with Gasteiger partial charge in [0.2, 0.25) is 0 Å². The van der Waals surface area contributed by atoms with Gasteiger partial charge in [-0.3, -0.25) is 0 Å². The van der Waals surface area contributed by atoms with Crippen molar-refractivity contribution in [3.63, 3.8) is 0 Å². The van der Waals surface area contributed by atoms with Gasteiger partial charge in [-0.25, -0.2) is 15.0 Å². The number of furan rings is 1. The van der Waals surface area contributed by atoms with Crippen LogP contribution in [0.3, 0.4) is 0 Å². The molecule has 0 radical (unpaired) electrons. The van der Waals surface area contributed by atoms with Gasteiger partial charge in [-0.1, -0.05) is 147 Å². The average molecular weight is 757 g/mol. The van der Waals surface area contributed by atoms with Gasteiger partial charge >= 0.3 is 0 Å². The molecule has 11 aromatic rings. The highest BCUT2D eigenvalue weighted by Gasteiger charge is 2.36. The predicted octanol–water partition coefficient (Wildman–Crippen LogP) is 13.8. The van der Waals surface area contributed by atoms with Crippen molar-refractivity contribution in [3.8, 4) is 62.1 Å². The Morgan fingerprint density at radius 3 is 1.76 bits per heavy atom. The summed E-state index contributed by atoms with van der Waals surface area (Å²) in [6.07, 6.45) is 0. The quantitative estimate of drug-likeness (QED) is 0.175. The summed E-state index contributed by atoms with van der Waals surface area (Å²) in [4.78, 5) is 15.5. The predicted molar refractivity (Wildman–Crippen MR) is 241 cm³/mol. The van der Waals surface area contributed by atoms with Crippen LogP contribution >= 0.6 is 0 Å². The maximum atomic E-state index is 6.43. The number of hydrogen-bond acceptors (Lipinski definition) is 4. The van der Waals surface area contributed by atoms with Gasteiger partial charge in [0.25, 0.3) is 0 Å². The second-order valence-corrected chi connectivity index (χ2v) is 16.0. The van der Waals surface area contributed by atoms with Crippen LogP contribution in [0.4, 0.5) is 0 Å². The summed E-state index contributed by atoms with van der Waals surface area (Å²) in [5.74, 6) is 1.85. The topological polar surface area (TPSA) is 56.7 Å². The third kappa shape index (κ3) is 5.14. The van der Waals surface area contributed by atoms with Crippen LogP contribution in [0.5, 0.6) is 0 Å². The number of benzene rings is 8. The van der Waals surface area contributed by atoms with Crippen molar-refractivity contribution in [3.05, 3.63) is 193 Å². The normalized spacial score (nSPS) is 13.1. The van der Waals surface area contributed by atoms with E-state index < -0.39 is 0 Å². The fourth-order valence-corrected chi connectivity index (χ4v) is 9.42. The molecule has 0 fully saturated rings. The minimum atomic E-state index is -0.154. The van der Waals surface area contributed by atoms with Gasteiger partial charge in [0.1, 0.15) is 11.2 Å². The van der Waals surface area contributed by atoms with E-state index in [-0.39, 0.29) is 5.41 Å². The molecule has 8 aromatic carbocycles. The summed E-state index contributed by atoms with van der Waals surface area (Å²) < 4.78 is 8.86. The van der Waals surface area contributed by atoms with Crippen LogP contribution in [0.1, 0.15) is 25.0 Å². The van der Waals surface area contributed by atoms with E-state index in [1.807, 2.05) is 48.5 Å². The molecule has 0 N–H and O–H groups in total. The summed E-state index contributed by atoms with van der Waals surface area (Å²) in [6.45, 7) is 4.70. The molecule has 0 unspecified atom stereocenters. The van der Waals surface area contributed by atoms with Crippen LogP contribution in [0.2, 0.25) is 0 Å². The lowest BCUT2D eigenvalue weighted by atomic mass is 9.82. The summed E-state index contributed by atoms with van der Waals surface area (Å²) in [5.41, 5.74) is 15.1. The molecule has 5 heteroatoms. The number of hydrogen-bond donors (Lipinski definition) is 0. The smallest absolute Gasteiger partial charge is 0.164 e. The van der Waals surface area contributed by atoms with Crippen molar-refractivity contribution < 1.29 is 4.42 Å². The van der Waals surface area contributed by atoms with Gasteiger partial charge in [0, 0.05) is 49.3 Å². The Morgan fingerprint density at radius 1 is 0.407 bits per heavy atom. The summed E-state index contributed by atoms with van der Waals surface area (Å²) >= 11 is 0. The highest BCUT2D eigenvalue weighted by molar-refractivity contribution is 6.14. The van der Waals surface area contributed by atoms with Crippen molar-refractivity contribution in [2.75, 3.05) is 0 Å². The summed E-state index contributed by atoms with van der Waals surface area (Å²) in [7, 11) is 0. The van der Waals surface area contributed by atoms with E-state index in [9.17, 15) is 0 Å². The Morgan fingerprint density at radius 2 is 1.00 bits per heavy atom. The molecule has 0 amide bonds. The number of rotatable bonds is 5. The van der Waals surface area contributed by atoms with E-state index in [0.29, 0.717) is 17.5 Å². The Labute approximate surface area is 340 Å². The maximum Gasteiger partial charge on any atom is 0.164 e. The number of fused-ring (bicyclic) bond motifs is 9. The molecule has 0 saturated carbocycles. The molecule has 5 nitrogen and oxygen atoms in total. The van der Waals surface area contributed by atoms with Crippen LogP contribution in [0, 0.1) is 0 Å². The molecule has 0 saturated heterocycles. The molecular weight excluding hydrogens is 721 g/mol. The lowest BCUT2D eigenvalue weighted by Crippen LogP contribution is -2.15. The first-order valence-electron chi connectivity index (χ1n) is 20.1. The Bertz CT molecular complexity index is 3410. The molecule has 59 heavy (non-hydrogen) atoms. The van der Waals surface area contributed by atoms with Crippen molar-refractivity contribution in [1.82, 2.24) is 19.5 Å². The van der Waals surface area contributed by atoms with Crippen LogP contribution in [0.25, 0.3) is 106 Å². The summed E-state index contributed by atoms with van der Waals surface area (Å²) in [6, 6.07) is 64.2. The van der Waals surface area contributed by atoms with Crippen LogP contribution in [-0.2, 0) is 5.41 Å². The zero-order chi connectivity index (χ0) is 39.2. The van der Waals surface area contributed by atoms with E-state index in [4.69, 9.17) is 19.4 Å². The van der Waals surface area contributed by atoms with Gasteiger partial charge in [-0.2, -0.15) is 0 Å². The number of para-hydroxylation sites is 2. The first-order valence-corrected chi connectivity index (χ1v) is 20.1. The zero-order valence-corrected chi connectivity index (χ0v) is 32.5. The molecular formula is C54H36N4O. The fourth-order valence-electron chi connectivity index (χ4n) is 9.42. The first-order chi connectivity index (χ1) is 29.0. The van der Waals surface area contributed by atoms with E-state index in [0.717, 1.165) is 66.5 Å². The van der Waals surface area contributed by atoms with Crippen molar-refractivity contribution in [1.29, 1.82) is 0 Å². The lowest BCUT2D eigenvalue weighted by molar-refractivity contribution is 0.661. The second kappa shape index (κ2) is 12.7. The third-order valence-corrected chi connectivity index (χ3v) is 12.2. The van der Waals surface area contributed by atoms with Crippen LogP contribution in [-0.4, -0.2) is 19.5 Å². The van der Waals surface area contributed by atoms with Gasteiger partial charge in [-0.15, -0.1) is 0 Å². The molecule has 278 valence electrons. The maximum absolute atomic E-state index is 6.43. The second-order valence-electron chi connectivity index (χ2n) is 16.0. The Balaban J connectivity index is 1.17. The molecule has 12 rings (SSSR count). The van der Waals surface area contributed by atoms with Crippen molar-refractivity contribution in [2.45, 2.75) is 19.3 Å². The highest BCUT2D eigenvalue weighted by atomic mass is 16.3. The molecule has 3 heterocycles. The largest absolute Gasteiger partial charge is 0.456 e. The first kappa shape index (κ1) is 33.5. The zero-order valence-electron chi connectivity index (χ0n) is 32.5. The lowest BCUT2D eigenvalue weighted by Gasteiger charge is -2.22. The number of aromatic nitrogens is 4. The molecule has 0 bridgehead atoms. The standard InChI is InChI=1S/C54H36N4O/c1-54(2)44-24-12-9-20-39(44)42-31-43-40-21-10-13-25-46(40)58(47(43)32-45(42)54)37-29-35(38-23-15-27-49-50(38)41-22-11-14-26-48(41)59-49)28-36(30-37)53-56-51(33-16-5-3-6-17-33)55-52(57-53)34-18-7-4-8-19-34/h3-32H,1-2H3.